The van der Waals surface area contributed by atoms with E-state index in [9.17, 15) is 19.7 Å². The fourth-order valence-corrected chi connectivity index (χ4v) is 3.19. The first-order chi connectivity index (χ1) is 14.4. The number of anilines is 1. The van der Waals surface area contributed by atoms with E-state index in [0.717, 1.165) is 50.3 Å². The lowest BCUT2D eigenvalue weighted by atomic mass is 10.1. The number of nitrogens with two attached hydrogens (primary N) is 1. The van der Waals surface area contributed by atoms with Gasteiger partial charge in [0.15, 0.2) is 0 Å². The third-order valence-corrected chi connectivity index (χ3v) is 5.20. The first-order valence-corrected chi connectivity index (χ1v) is 10.1. The summed E-state index contributed by atoms with van der Waals surface area (Å²) < 4.78 is 0. The summed E-state index contributed by atoms with van der Waals surface area (Å²) in [5, 5.41) is 10.6. The Labute approximate surface area is 175 Å². The smallest absolute Gasteiger partial charge is 0.269 e. The molecule has 0 aromatic heterocycles. The largest absolute Gasteiger partial charge is 0.399 e. The van der Waals surface area contributed by atoms with Gasteiger partial charge >= 0.3 is 0 Å². The van der Waals surface area contributed by atoms with Crippen molar-refractivity contribution >= 4 is 23.2 Å². The molecule has 0 atom stereocenters. The van der Waals surface area contributed by atoms with Gasteiger partial charge < -0.3 is 15.5 Å². The van der Waals surface area contributed by atoms with Crippen LogP contribution in [-0.4, -0.2) is 52.7 Å². The summed E-state index contributed by atoms with van der Waals surface area (Å²) >= 11 is 0. The predicted molar refractivity (Wildman–Crippen MR) is 114 cm³/mol. The molecule has 0 spiro atoms. The molecule has 2 N–H and O–H groups in total. The second-order valence-corrected chi connectivity index (χ2v) is 7.49. The second-order valence-electron chi connectivity index (χ2n) is 7.49. The van der Waals surface area contributed by atoms with Crippen LogP contribution in [0.1, 0.15) is 24.0 Å². The van der Waals surface area contributed by atoms with Crippen molar-refractivity contribution in [2.45, 2.75) is 25.7 Å². The van der Waals surface area contributed by atoms with E-state index < -0.39 is 4.92 Å². The van der Waals surface area contributed by atoms with E-state index >= 15 is 0 Å². The zero-order valence-electron chi connectivity index (χ0n) is 16.8. The second kappa shape index (κ2) is 9.87. The van der Waals surface area contributed by atoms with E-state index in [1.807, 2.05) is 29.2 Å². The maximum atomic E-state index is 11.6. The average molecular weight is 410 g/mol. The highest BCUT2D eigenvalue weighted by atomic mass is 16.6. The molecule has 8 heteroatoms. The molecule has 2 fully saturated rings. The molecule has 158 valence electrons. The molecule has 0 aliphatic carbocycles. The SMILES string of the molecule is Nc1cccc(CC(=O)N2CCC2)c1.O=C(Cc1cccc([N+](=O)[O-])c1)N1CCC1. The molecular formula is C22H26N4O4. The highest BCUT2D eigenvalue weighted by molar-refractivity contribution is 5.80. The Morgan fingerprint density at radius 3 is 1.80 bits per heavy atom. The normalized spacial score (nSPS) is 14.7. The van der Waals surface area contributed by atoms with Crippen molar-refractivity contribution in [2.75, 3.05) is 31.9 Å². The van der Waals surface area contributed by atoms with Gasteiger partial charge in [-0.15, -0.1) is 0 Å². The number of nitro benzene ring substituents is 1. The number of non-ortho nitro benzene ring substituents is 1. The van der Waals surface area contributed by atoms with E-state index in [1.165, 1.54) is 12.1 Å². The monoisotopic (exact) mass is 410 g/mol. The van der Waals surface area contributed by atoms with Gasteiger partial charge in [0.05, 0.1) is 17.8 Å². The molecule has 2 aromatic rings. The molecule has 0 saturated carbocycles. The lowest BCUT2D eigenvalue weighted by molar-refractivity contribution is -0.384. The number of nitrogen functional groups attached to an aromatic ring is 1. The molecule has 0 radical (unpaired) electrons. The summed E-state index contributed by atoms with van der Waals surface area (Å²) in [5.74, 6) is 0.258. The van der Waals surface area contributed by atoms with Crippen molar-refractivity contribution in [1.82, 2.24) is 9.80 Å². The molecule has 2 saturated heterocycles. The number of nitrogens with zero attached hydrogens (tertiary/aromatic N) is 3. The van der Waals surface area contributed by atoms with E-state index in [2.05, 4.69) is 0 Å². The van der Waals surface area contributed by atoms with Gasteiger partial charge in [-0.1, -0.05) is 24.3 Å². The van der Waals surface area contributed by atoms with Crippen LogP contribution in [0.15, 0.2) is 48.5 Å². The Balaban J connectivity index is 0.000000172. The minimum absolute atomic E-state index is 0.0360. The van der Waals surface area contributed by atoms with Crippen molar-refractivity contribution in [1.29, 1.82) is 0 Å². The molecule has 2 aromatic carbocycles. The van der Waals surface area contributed by atoms with Crippen LogP contribution in [0.25, 0.3) is 0 Å². The molecule has 8 nitrogen and oxygen atoms in total. The minimum Gasteiger partial charge on any atom is -0.399 e. The molecule has 30 heavy (non-hydrogen) atoms. The average Bonchev–Trinajstić information content (AvgIpc) is 2.59. The van der Waals surface area contributed by atoms with Crippen LogP contribution in [-0.2, 0) is 22.4 Å². The number of nitro groups is 1. The molecule has 2 amide bonds. The summed E-state index contributed by atoms with van der Waals surface area (Å²) in [7, 11) is 0. The van der Waals surface area contributed by atoms with E-state index in [-0.39, 0.29) is 23.9 Å². The highest BCUT2D eigenvalue weighted by Gasteiger charge is 2.21. The van der Waals surface area contributed by atoms with Crippen molar-refractivity contribution in [3.8, 4) is 0 Å². The quantitative estimate of drug-likeness (QED) is 0.462. The fraction of sp³-hybridized carbons (Fsp3) is 0.364. The number of hydrogen-bond acceptors (Lipinski definition) is 5. The van der Waals surface area contributed by atoms with Gasteiger partial charge in [0.1, 0.15) is 0 Å². The summed E-state index contributed by atoms with van der Waals surface area (Å²) in [4.78, 5) is 37.0. The number of hydrogen-bond donors (Lipinski definition) is 1. The van der Waals surface area contributed by atoms with E-state index in [1.54, 1.807) is 17.0 Å². The number of amides is 2. The minimum atomic E-state index is -0.447. The van der Waals surface area contributed by atoms with Crippen LogP contribution in [0.5, 0.6) is 0 Å². The van der Waals surface area contributed by atoms with Gasteiger partial charge in [-0.2, -0.15) is 0 Å². The molecular weight excluding hydrogens is 384 g/mol. The van der Waals surface area contributed by atoms with Gasteiger partial charge in [0, 0.05) is 44.0 Å². The Kier molecular flexibility index (Phi) is 7.00. The number of likely N-dealkylation sites (tertiary alicyclic amines) is 2. The van der Waals surface area contributed by atoms with E-state index in [0.29, 0.717) is 12.0 Å². The standard InChI is InChI=1S/C11H12N2O3.C11H14N2O/c14-11(12-5-2-6-12)8-9-3-1-4-10(7-9)13(15)16;12-10-4-1-3-9(7-10)8-11(14)13-5-2-6-13/h1,3-4,7H,2,5-6,8H2;1,3-4,7H,2,5-6,8,12H2. The van der Waals surface area contributed by atoms with Gasteiger partial charge in [-0.3, -0.25) is 19.7 Å². The Morgan fingerprint density at radius 2 is 1.37 bits per heavy atom. The Bertz CT molecular complexity index is 923. The summed E-state index contributed by atoms with van der Waals surface area (Å²) in [6, 6.07) is 13.7. The molecule has 4 rings (SSSR count). The summed E-state index contributed by atoms with van der Waals surface area (Å²) in [6.07, 6.45) is 2.93. The lowest BCUT2D eigenvalue weighted by Crippen LogP contribution is -2.42. The van der Waals surface area contributed by atoms with Crippen LogP contribution in [0.2, 0.25) is 0 Å². The zero-order chi connectivity index (χ0) is 21.5. The van der Waals surface area contributed by atoms with Crippen LogP contribution < -0.4 is 5.73 Å². The van der Waals surface area contributed by atoms with Crippen LogP contribution in [0.4, 0.5) is 11.4 Å². The fourth-order valence-electron chi connectivity index (χ4n) is 3.19. The molecule has 2 aliphatic rings. The van der Waals surface area contributed by atoms with Crippen molar-refractivity contribution in [3.63, 3.8) is 0 Å². The third-order valence-electron chi connectivity index (χ3n) is 5.20. The molecule has 0 unspecified atom stereocenters. The van der Waals surface area contributed by atoms with Crippen molar-refractivity contribution in [2.24, 2.45) is 0 Å². The van der Waals surface area contributed by atoms with Gasteiger partial charge in [-0.25, -0.2) is 0 Å². The maximum absolute atomic E-state index is 11.6. The first kappa shape index (κ1) is 21.3. The topological polar surface area (TPSA) is 110 Å². The number of benzene rings is 2. The van der Waals surface area contributed by atoms with Crippen molar-refractivity contribution in [3.05, 3.63) is 69.8 Å². The lowest BCUT2D eigenvalue weighted by Gasteiger charge is -2.30. The molecule has 2 heterocycles. The molecule has 2 aliphatic heterocycles. The molecule has 0 bridgehead atoms. The third kappa shape index (κ3) is 5.79. The van der Waals surface area contributed by atoms with Crippen LogP contribution in [0, 0.1) is 10.1 Å². The van der Waals surface area contributed by atoms with Gasteiger partial charge in [-0.05, 0) is 36.1 Å². The Hall–Kier alpha value is -3.42. The van der Waals surface area contributed by atoms with E-state index in [4.69, 9.17) is 5.73 Å². The summed E-state index contributed by atoms with van der Waals surface area (Å²) in [5.41, 5.74) is 8.09. The summed E-state index contributed by atoms with van der Waals surface area (Å²) in [6.45, 7) is 3.46. The maximum Gasteiger partial charge on any atom is 0.269 e. The van der Waals surface area contributed by atoms with Gasteiger partial charge in [0.25, 0.3) is 5.69 Å². The van der Waals surface area contributed by atoms with Crippen LogP contribution in [0.3, 0.4) is 0 Å². The Morgan fingerprint density at radius 1 is 0.867 bits per heavy atom. The van der Waals surface area contributed by atoms with Gasteiger partial charge in [0.2, 0.25) is 11.8 Å². The number of carbonyl (C=O) groups is 2. The number of carbonyl (C=O) groups excluding carboxylic acids is 2. The van der Waals surface area contributed by atoms with Crippen LogP contribution >= 0.6 is 0 Å². The predicted octanol–water partition coefficient (Wildman–Crippen LogP) is 2.41. The highest BCUT2D eigenvalue weighted by Crippen LogP contribution is 2.16. The first-order valence-electron chi connectivity index (χ1n) is 10.1. The van der Waals surface area contributed by atoms with Crippen molar-refractivity contribution < 1.29 is 14.5 Å². The number of rotatable bonds is 5. The zero-order valence-corrected chi connectivity index (χ0v) is 16.8.